The van der Waals surface area contributed by atoms with Gasteiger partial charge in [-0.3, -0.25) is 4.79 Å². The van der Waals surface area contributed by atoms with E-state index in [1.165, 1.54) is 12.8 Å². The summed E-state index contributed by atoms with van der Waals surface area (Å²) in [6, 6.07) is 5.32. The molecule has 0 spiro atoms. The summed E-state index contributed by atoms with van der Waals surface area (Å²) in [5, 5.41) is 4.41. The Morgan fingerprint density at radius 1 is 1.32 bits per heavy atom. The normalized spacial score (nSPS) is 19.2. The second kappa shape index (κ2) is 6.60. The van der Waals surface area contributed by atoms with Crippen molar-refractivity contribution >= 4 is 29.1 Å². The van der Waals surface area contributed by atoms with Crippen molar-refractivity contribution in [1.29, 1.82) is 0 Å². The van der Waals surface area contributed by atoms with Gasteiger partial charge in [0.2, 0.25) is 0 Å². The van der Waals surface area contributed by atoms with Crippen LogP contribution in [0.5, 0.6) is 0 Å². The summed E-state index contributed by atoms with van der Waals surface area (Å²) < 4.78 is 0. The van der Waals surface area contributed by atoms with Crippen LogP contribution in [-0.4, -0.2) is 37.0 Å². The van der Waals surface area contributed by atoms with Crippen molar-refractivity contribution in [3.05, 3.63) is 33.8 Å². The summed E-state index contributed by atoms with van der Waals surface area (Å²) in [7, 11) is 1.81. The van der Waals surface area contributed by atoms with Crippen LogP contribution in [0.4, 0.5) is 0 Å². The molecule has 0 radical (unpaired) electrons. The Morgan fingerprint density at radius 2 is 2.00 bits per heavy atom. The van der Waals surface area contributed by atoms with Crippen LogP contribution in [0.25, 0.3) is 0 Å². The summed E-state index contributed by atoms with van der Waals surface area (Å²) in [5.41, 5.74) is 0.538. The van der Waals surface area contributed by atoms with Gasteiger partial charge in [-0.1, -0.05) is 29.6 Å². The minimum absolute atomic E-state index is 0.0447. The van der Waals surface area contributed by atoms with Gasteiger partial charge in [-0.2, -0.15) is 0 Å². The fourth-order valence-corrected chi connectivity index (χ4v) is 2.92. The number of likely N-dealkylation sites (N-methyl/N-ethyl adjacent to an activating group) is 1. The van der Waals surface area contributed by atoms with Crippen LogP contribution in [0.15, 0.2) is 18.2 Å². The maximum atomic E-state index is 12.3. The van der Waals surface area contributed by atoms with Gasteiger partial charge in [-0.15, -0.1) is 0 Å². The summed E-state index contributed by atoms with van der Waals surface area (Å²) >= 11 is 11.8. The molecule has 5 heteroatoms. The molecule has 0 aliphatic carbocycles. The molecule has 0 bridgehead atoms. The quantitative estimate of drug-likeness (QED) is 0.930. The highest BCUT2D eigenvalue weighted by Crippen LogP contribution is 2.20. The number of carbonyl (C=O) groups is 1. The van der Waals surface area contributed by atoms with Gasteiger partial charge in [0.05, 0.1) is 0 Å². The van der Waals surface area contributed by atoms with Crippen molar-refractivity contribution < 1.29 is 4.79 Å². The third-order valence-electron chi connectivity index (χ3n) is 3.36. The maximum Gasteiger partial charge on any atom is 0.253 e. The first kappa shape index (κ1) is 14.6. The van der Waals surface area contributed by atoms with Gasteiger partial charge in [0, 0.05) is 35.2 Å². The van der Waals surface area contributed by atoms with E-state index in [9.17, 15) is 4.79 Å². The molecule has 1 N–H and O–H groups in total. The van der Waals surface area contributed by atoms with Crippen LogP contribution in [0.2, 0.25) is 10.0 Å². The van der Waals surface area contributed by atoms with Gasteiger partial charge >= 0.3 is 0 Å². The molecule has 104 valence electrons. The number of amides is 1. The predicted molar refractivity (Wildman–Crippen MR) is 79.1 cm³/mol. The summed E-state index contributed by atoms with van der Waals surface area (Å²) in [6.07, 6.45) is 3.56. The first-order valence-electron chi connectivity index (χ1n) is 6.51. The number of benzene rings is 1. The smallest absolute Gasteiger partial charge is 0.253 e. The Bertz CT molecular complexity index is 439. The molecule has 1 aliphatic heterocycles. The van der Waals surface area contributed by atoms with Gasteiger partial charge in [0.15, 0.2) is 0 Å². The standard InChI is InChI=1S/C14H18Cl2N2O/c1-18(9-13-4-2-3-5-17-13)14(19)10-6-11(15)8-12(16)7-10/h6-8,13,17H,2-5,9H2,1H3. The van der Waals surface area contributed by atoms with Crippen molar-refractivity contribution in [3.8, 4) is 0 Å². The predicted octanol–water partition coefficient (Wildman–Crippen LogP) is 3.21. The topological polar surface area (TPSA) is 32.3 Å². The zero-order valence-electron chi connectivity index (χ0n) is 11.0. The minimum atomic E-state index is -0.0447. The van der Waals surface area contributed by atoms with Gasteiger partial charge in [-0.25, -0.2) is 0 Å². The number of carbonyl (C=O) groups excluding carboxylic acids is 1. The molecule has 1 saturated heterocycles. The molecule has 2 rings (SSSR count). The Morgan fingerprint density at radius 3 is 2.58 bits per heavy atom. The van der Waals surface area contributed by atoms with E-state index in [0.717, 1.165) is 13.0 Å². The van der Waals surface area contributed by atoms with Gasteiger partial charge in [0.25, 0.3) is 5.91 Å². The molecule has 1 aliphatic rings. The van der Waals surface area contributed by atoms with E-state index in [4.69, 9.17) is 23.2 Å². The van der Waals surface area contributed by atoms with Gasteiger partial charge < -0.3 is 10.2 Å². The Kier molecular flexibility index (Phi) is 5.08. The zero-order valence-corrected chi connectivity index (χ0v) is 12.5. The second-order valence-electron chi connectivity index (χ2n) is 4.99. The molecule has 1 amide bonds. The third-order valence-corrected chi connectivity index (χ3v) is 3.80. The average Bonchev–Trinajstić information content (AvgIpc) is 2.37. The molecule has 19 heavy (non-hydrogen) atoms. The average molecular weight is 301 g/mol. The zero-order chi connectivity index (χ0) is 13.8. The molecule has 1 unspecified atom stereocenters. The molecule has 0 aromatic heterocycles. The van der Waals surface area contributed by atoms with Crippen LogP contribution >= 0.6 is 23.2 Å². The van der Waals surface area contributed by atoms with Crippen molar-refractivity contribution in [1.82, 2.24) is 10.2 Å². The molecule has 0 saturated carbocycles. The molecule has 1 aromatic rings. The molecule has 1 heterocycles. The fraction of sp³-hybridized carbons (Fsp3) is 0.500. The van der Waals surface area contributed by atoms with E-state index < -0.39 is 0 Å². The number of piperidine rings is 1. The Hall–Kier alpha value is -0.770. The van der Waals surface area contributed by atoms with Crippen LogP contribution in [0.1, 0.15) is 29.6 Å². The summed E-state index contributed by atoms with van der Waals surface area (Å²) in [6.45, 7) is 1.75. The maximum absolute atomic E-state index is 12.3. The highest BCUT2D eigenvalue weighted by Gasteiger charge is 2.19. The van der Waals surface area contributed by atoms with E-state index in [1.54, 1.807) is 23.1 Å². The Balaban J connectivity index is 2.01. The van der Waals surface area contributed by atoms with Crippen molar-refractivity contribution in [2.24, 2.45) is 0 Å². The lowest BCUT2D eigenvalue weighted by molar-refractivity contribution is 0.0775. The van der Waals surface area contributed by atoms with Crippen LogP contribution in [0, 0.1) is 0 Å². The highest BCUT2D eigenvalue weighted by molar-refractivity contribution is 6.35. The van der Waals surface area contributed by atoms with Crippen molar-refractivity contribution in [2.75, 3.05) is 20.1 Å². The molecule has 3 nitrogen and oxygen atoms in total. The van der Waals surface area contributed by atoms with Crippen molar-refractivity contribution in [2.45, 2.75) is 25.3 Å². The van der Waals surface area contributed by atoms with E-state index >= 15 is 0 Å². The number of nitrogens with one attached hydrogen (secondary N) is 1. The van der Waals surface area contributed by atoms with E-state index in [-0.39, 0.29) is 5.91 Å². The summed E-state index contributed by atoms with van der Waals surface area (Å²) in [5.74, 6) is -0.0447. The van der Waals surface area contributed by atoms with E-state index in [2.05, 4.69) is 5.32 Å². The number of rotatable bonds is 3. The monoisotopic (exact) mass is 300 g/mol. The number of halogens is 2. The molecular weight excluding hydrogens is 283 g/mol. The second-order valence-corrected chi connectivity index (χ2v) is 5.86. The lowest BCUT2D eigenvalue weighted by Gasteiger charge is -2.28. The van der Waals surface area contributed by atoms with Gasteiger partial charge in [-0.05, 0) is 37.6 Å². The van der Waals surface area contributed by atoms with Crippen LogP contribution in [-0.2, 0) is 0 Å². The first-order chi connectivity index (χ1) is 9.06. The first-order valence-corrected chi connectivity index (χ1v) is 7.27. The lowest BCUT2D eigenvalue weighted by atomic mass is 10.0. The van der Waals surface area contributed by atoms with Crippen LogP contribution in [0.3, 0.4) is 0 Å². The molecule has 1 fully saturated rings. The van der Waals surface area contributed by atoms with Crippen molar-refractivity contribution in [3.63, 3.8) is 0 Å². The third kappa shape index (κ3) is 4.10. The van der Waals surface area contributed by atoms with E-state index in [0.29, 0.717) is 28.2 Å². The molecular formula is C14H18Cl2N2O. The lowest BCUT2D eigenvalue weighted by Crippen LogP contribution is -2.44. The summed E-state index contributed by atoms with van der Waals surface area (Å²) in [4.78, 5) is 14.0. The largest absolute Gasteiger partial charge is 0.340 e. The highest BCUT2D eigenvalue weighted by atomic mass is 35.5. The number of hydrogen-bond acceptors (Lipinski definition) is 2. The van der Waals surface area contributed by atoms with Gasteiger partial charge in [0.1, 0.15) is 0 Å². The van der Waals surface area contributed by atoms with E-state index in [1.807, 2.05) is 7.05 Å². The SMILES string of the molecule is CN(CC1CCCCN1)C(=O)c1cc(Cl)cc(Cl)c1. The number of nitrogens with zero attached hydrogens (tertiary/aromatic N) is 1. The molecule has 1 aromatic carbocycles. The minimum Gasteiger partial charge on any atom is -0.340 e. The fourth-order valence-electron chi connectivity index (χ4n) is 2.39. The van der Waals surface area contributed by atoms with Crippen LogP contribution < -0.4 is 5.32 Å². The number of hydrogen-bond donors (Lipinski definition) is 1. The molecule has 1 atom stereocenters. The Labute approximate surface area is 123 Å².